The van der Waals surface area contributed by atoms with Gasteiger partial charge in [0.15, 0.2) is 23.0 Å². The Morgan fingerprint density at radius 3 is 3.00 bits per heavy atom. The van der Waals surface area contributed by atoms with Crippen LogP contribution in [0.25, 0.3) is 0 Å². The molecule has 18 heavy (non-hydrogen) atoms. The molecule has 0 spiro atoms. The maximum atomic E-state index is 13.2. The molecule has 0 aliphatic heterocycles. The minimum atomic E-state index is -0.573. The summed E-state index contributed by atoms with van der Waals surface area (Å²) in [5, 5.41) is 3.48. The molecule has 0 aliphatic carbocycles. The van der Waals surface area contributed by atoms with Crippen LogP contribution >= 0.6 is 0 Å². The minimum absolute atomic E-state index is 0.0321. The van der Waals surface area contributed by atoms with Gasteiger partial charge in [0.2, 0.25) is 0 Å². The molecule has 1 heterocycles. The van der Waals surface area contributed by atoms with Crippen molar-refractivity contribution in [2.45, 2.75) is 6.61 Å². The predicted molar refractivity (Wildman–Crippen MR) is 58.9 cm³/mol. The maximum absolute atomic E-state index is 13.2. The topological polar surface area (TPSA) is 90.4 Å². The zero-order valence-corrected chi connectivity index (χ0v) is 9.22. The molecule has 1 amide bonds. The molecule has 7 heteroatoms. The van der Waals surface area contributed by atoms with Crippen LogP contribution in [0.15, 0.2) is 34.9 Å². The molecule has 2 aromatic rings. The van der Waals surface area contributed by atoms with Crippen molar-refractivity contribution in [2.24, 2.45) is 5.84 Å². The average Bonchev–Trinajstić information content (AvgIpc) is 2.86. The van der Waals surface area contributed by atoms with E-state index in [1.54, 1.807) is 12.1 Å². The van der Waals surface area contributed by atoms with Gasteiger partial charge in [-0.25, -0.2) is 10.2 Å². The zero-order chi connectivity index (χ0) is 13.0. The van der Waals surface area contributed by atoms with E-state index < -0.39 is 11.7 Å². The predicted octanol–water partition coefficient (Wildman–Crippen LogP) is 0.996. The third kappa shape index (κ3) is 2.64. The van der Waals surface area contributed by atoms with Gasteiger partial charge in [-0.05, 0) is 12.1 Å². The first kappa shape index (κ1) is 12.1. The van der Waals surface area contributed by atoms with Gasteiger partial charge in [0, 0.05) is 6.07 Å². The number of ether oxygens (including phenoxy) is 1. The van der Waals surface area contributed by atoms with Crippen molar-refractivity contribution in [3.63, 3.8) is 0 Å². The van der Waals surface area contributed by atoms with E-state index in [1.165, 1.54) is 18.2 Å². The first-order chi connectivity index (χ1) is 8.70. The second-order valence-corrected chi connectivity index (χ2v) is 3.37. The highest BCUT2D eigenvalue weighted by atomic mass is 19.1. The van der Waals surface area contributed by atoms with Gasteiger partial charge in [0.05, 0.1) is 0 Å². The van der Waals surface area contributed by atoms with Gasteiger partial charge in [0.1, 0.15) is 6.61 Å². The van der Waals surface area contributed by atoms with E-state index in [0.717, 1.165) is 0 Å². The largest absolute Gasteiger partial charge is 0.482 e. The molecule has 3 N–H and O–H groups in total. The van der Waals surface area contributed by atoms with Gasteiger partial charge < -0.3 is 9.26 Å². The van der Waals surface area contributed by atoms with Crippen LogP contribution in [-0.4, -0.2) is 11.1 Å². The summed E-state index contributed by atoms with van der Waals surface area (Å²) in [6.45, 7) is -0.0359. The quantitative estimate of drug-likeness (QED) is 0.480. The van der Waals surface area contributed by atoms with Gasteiger partial charge in [-0.3, -0.25) is 10.2 Å². The number of hydrogen-bond acceptors (Lipinski definition) is 5. The number of rotatable bonds is 4. The third-order valence-electron chi connectivity index (χ3n) is 2.13. The summed E-state index contributed by atoms with van der Waals surface area (Å²) in [5.41, 5.74) is 1.95. The summed E-state index contributed by atoms with van der Waals surface area (Å²) in [7, 11) is 0. The molecular formula is C11H10FN3O3. The molecule has 2 rings (SSSR count). The Balaban J connectivity index is 2.01. The van der Waals surface area contributed by atoms with Gasteiger partial charge in [0.25, 0.3) is 5.91 Å². The maximum Gasteiger partial charge on any atom is 0.287 e. The van der Waals surface area contributed by atoms with E-state index in [4.69, 9.17) is 15.1 Å². The molecule has 6 nitrogen and oxygen atoms in total. The van der Waals surface area contributed by atoms with Crippen molar-refractivity contribution in [3.8, 4) is 5.75 Å². The molecule has 1 aromatic carbocycles. The molecule has 0 saturated heterocycles. The van der Waals surface area contributed by atoms with E-state index in [9.17, 15) is 9.18 Å². The average molecular weight is 251 g/mol. The Kier molecular flexibility index (Phi) is 3.54. The molecule has 0 radical (unpaired) electrons. The number of amides is 1. The SMILES string of the molecule is NNC(=O)c1cc(COc2ccccc2F)on1. The van der Waals surface area contributed by atoms with Crippen molar-refractivity contribution in [1.29, 1.82) is 0 Å². The lowest BCUT2D eigenvalue weighted by atomic mass is 10.3. The first-order valence-corrected chi connectivity index (χ1v) is 5.04. The van der Waals surface area contributed by atoms with Crippen molar-refractivity contribution in [3.05, 3.63) is 47.6 Å². The Labute approximate surface area is 101 Å². The van der Waals surface area contributed by atoms with E-state index in [1.807, 2.05) is 5.43 Å². The molecule has 0 fully saturated rings. The number of nitrogens with two attached hydrogens (primary N) is 1. The Morgan fingerprint density at radius 2 is 2.28 bits per heavy atom. The normalized spacial score (nSPS) is 10.1. The number of para-hydroxylation sites is 1. The summed E-state index contributed by atoms with van der Waals surface area (Å²) < 4.78 is 23.2. The third-order valence-corrected chi connectivity index (χ3v) is 2.13. The molecule has 0 bridgehead atoms. The lowest BCUT2D eigenvalue weighted by Crippen LogP contribution is -2.30. The van der Waals surface area contributed by atoms with Crippen LogP contribution in [0.4, 0.5) is 4.39 Å². The highest BCUT2D eigenvalue weighted by Crippen LogP contribution is 2.17. The number of carbonyl (C=O) groups is 1. The number of benzene rings is 1. The smallest absolute Gasteiger partial charge is 0.287 e. The van der Waals surface area contributed by atoms with Crippen molar-refractivity contribution < 1.29 is 18.4 Å². The summed E-state index contributed by atoms with van der Waals surface area (Å²) >= 11 is 0. The van der Waals surface area contributed by atoms with Crippen molar-refractivity contribution in [1.82, 2.24) is 10.6 Å². The molecular weight excluding hydrogens is 241 g/mol. The number of nitrogen functional groups attached to an aromatic ring is 1. The highest BCUT2D eigenvalue weighted by molar-refractivity contribution is 5.91. The van der Waals surface area contributed by atoms with Crippen LogP contribution in [0.5, 0.6) is 5.75 Å². The number of halogens is 1. The minimum Gasteiger partial charge on any atom is -0.482 e. The number of nitrogens with one attached hydrogen (secondary N) is 1. The van der Waals surface area contributed by atoms with Crippen LogP contribution < -0.4 is 16.0 Å². The number of hydrazine groups is 1. The fourth-order valence-electron chi connectivity index (χ4n) is 1.27. The Bertz CT molecular complexity index is 556. The monoisotopic (exact) mass is 251 g/mol. The standard InChI is InChI=1S/C11H10FN3O3/c12-8-3-1-2-4-10(8)17-6-7-5-9(15-18-7)11(16)14-13/h1-5H,6,13H2,(H,14,16). The van der Waals surface area contributed by atoms with Crippen LogP contribution in [-0.2, 0) is 6.61 Å². The highest BCUT2D eigenvalue weighted by Gasteiger charge is 2.12. The van der Waals surface area contributed by atoms with Crippen LogP contribution in [0.2, 0.25) is 0 Å². The van der Waals surface area contributed by atoms with Crippen LogP contribution in [0, 0.1) is 5.82 Å². The van der Waals surface area contributed by atoms with Crippen molar-refractivity contribution >= 4 is 5.91 Å². The first-order valence-electron chi connectivity index (χ1n) is 5.04. The summed E-state index contributed by atoms with van der Waals surface area (Å²) in [4.78, 5) is 11.1. The zero-order valence-electron chi connectivity index (χ0n) is 9.22. The van der Waals surface area contributed by atoms with Gasteiger partial charge in [-0.2, -0.15) is 0 Å². The van der Waals surface area contributed by atoms with E-state index in [0.29, 0.717) is 0 Å². The molecule has 0 atom stereocenters. The lowest BCUT2D eigenvalue weighted by molar-refractivity contribution is 0.0944. The molecule has 0 saturated carbocycles. The number of hydrogen-bond donors (Lipinski definition) is 2. The number of nitrogens with zero attached hydrogens (tertiary/aromatic N) is 1. The number of carbonyl (C=O) groups excluding carboxylic acids is 1. The Hall–Kier alpha value is -2.41. The number of aromatic nitrogens is 1. The van der Waals surface area contributed by atoms with Gasteiger partial charge in [-0.1, -0.05) is 17.3 Å². The Morgan fingerprint density at radius 1 is 1.50 bits per heavy atom. The summed E-state index contributed by atoms with van der Waals surface area (Å²) in [6, 6.07) is 7.33. The van der Waals surface area contributed by atoms with Gasteiger partial charge in [-0.15, -0.1) is 0 Å². The fourth-order valence-corrected chi connectivity index (χ4v) is 1.27. The van der Waals surface area contributed by atoms with Crippen LogP contribution in [0.1, 0.15) is 16.2 Å². The summed E-state index contributed by atoms with van der Waals surface area (Å²) in [6.07, 6.45) is 0. The summed E-state index contributed by atoms with van der Waals surface area (Å²) in [5.74, 6) is 4.27. The molecule has 0 aliphatic rings. The van der Waals surface area contributed by atoms with Crippen LogP contribution in [0.3, 0.4) is 0 Å². The second kappa shape index (κ2) is 5.28. The molecule has 94 valence electrons. The van der Waals surface area contributed by atoms with Crippen molar-refractivity contribution in [2.75, 3.05) is 0 Å². The van der Waals surface area contributed by atoms with Gasteiger partial charge >= 0.3 is 0 Å². The van der Waals surface area contributed by atoms with E-state index in [-0.39, 0.29) is 23.8 Å². The lowest BCUT2D eigenvalue weighted by Gasteiger charge is -2.03. The van der Waals surface area contributed by atoms with E-state index in [2.05, 4.69) is 5.16 Å². The van der Waals surface area contributed by atoms with E-state index >= 15 is 0 Å². The molecule has 0 unspecified atom stereocenters. The molecule has 1 aromatic heterocycles. The second-order valence-electron chi connectivity index (χ2n) is 3.37. The fraction of sp³-hybridized carbons (Fsp3) is 0.0909.